The number of benzene rings is 2. The molecule has 4 rings (SSSR count). The Balaban J connectivity index is 1.82. The third-order valence-corrected chi connectivity index (χ3v) is 5.48. The van der Waals surface area contributed by atoms with E-state index in [9.17, 15) is 9.18 Å². The van der Waals surface area contributed by atoms with Crippen LogP contribution in [0.2, 0.25) is 0 Å². The Hall–Kier alpha value is -3.52. The predicted octanol–water partition coefficient (Wildman–Crippen LogP) is 4.78. The molecule has 0 aliphatic carbocycles. The van der Waals surface area contributed by atoms with E-state index in [4.69, 9.17) is 16.7 Å². The lowest BCUT2D eigenvalue weighted by Crippen LogP contribution is -2.48. The highest BCUT2D eigenvalue weighted by Gasteiger charge is 2.35. The normalized spacial score (nSPS) is 16.3. The van der Waals surface area contributed by atoms with Gasteiger partial charge >= 0.3 is 0 Å². The van der Waals surface area contributed by atoms with Gasteiger partial charge in [-0.1, -0.05) is 29.4 Å². The summed E-state index contributed by atoms with van der Waals surface area (Å²) in [4.78, 5) is 15.1. The number of nitrogens with one attached hydrogen (secondary N) is 2. The van der Waals surface area contributed by atoms with Crippen molar-refractivity contribution in [2.75, 3.05) is 10.2 Å². The third-order valence-electron chi connectivity index (χ3n) is 5.18. The lowest BCUT2D eigenvalue weighted by molar-refractivity contribution is -0.113. The first-order valence-electron chi connectivity index (χ1n) is 9.72. The Morgan fingerprint density at radius 3 is 2.52 bits per heavy atom. The summed E-state index contributed by atoms with van der Waals surface area (Å²) in [5, 5.41) is 10.4. The lowest BCUT2D eigenvalue weighted by Gasteiger charge is -2.38. The molecule has 2 N–H and O–H groups in total. The molecule has 3 aromatic rings. The first-order valence-corrected chi connectivity index (χ1v) is 10.1. The summed E-state index contributed by atoms with van der Waals surface area (Å²) in [7, 11) is 0. The van der Waals surface area contributed by atoms with Crippen LogP contribution in [0.1, 0.15) is 29.9 Å². The number of amides is 1. The van der Waals surface area contributed by atoms with Gasteiger partial charge < -0.3 is 15.2 Å². The van der Waals surface area contributed by atoms with Gasteiger partial charge in [0.1, 0.15) is 11.6 Å². The minimum Gasteiger partial charge on any atom is -0.360 e. The van der Waals surface area contributed by atoms with Gasteiger partial charge in [0.2, 0.25) is 0 Å². The molecule has 1 aliphatic heterocycles. The molecule has 1 aliphatic rings. The Morgan fingerprint density at radius 2 is 1.87 bits per heavy atom. The number of hydrogen-bond acceptors (Lipinski definition) is 4. The highest BCUT2D eigenvalue weighted by molar-refractivity contribution is 7.80. The zero-order valence-electron chi connectivity index (χ0n) is 17.3. The maximum atomic E-state index is 13.5. The van der Waals surface area contributed by atoms with Gasteiger partial charge in [0.05, 0.1) is 11.6 Å². The molecule has 2 heterocycles. The van der Waals surface area contributed by atoms with Crippen molar-refractivity contribution in [1.82, 2.24) is 10.5 Å². The van der Waals surface area contributed by atoms with E-state index >= 15 is 0 Å². The number of allylic oxidation sites excluding steroid dienone is 1. The number of aromatic nitrogens is 1. The second kappa shape index (κ2) is 8.31. The van der Waals surface area contributed by atoms with Gasteiger partial charge in [-0.3, -0.25) is 9.69 Å². The maximum Gasteiger partial charge on any atom is 0.257 e. The van der Waals surface area contributed by atoms with Crippen molar-refractivity contribution in [3.8, 4) is 0 Å². The fourth-order valence-corrected chi connectivity index (χ4v) is 4.05. The number of carbonyl (C=O) groups excluding carboxylic acids is 1. The SMILES string of the molecule is CC1=C(C(=O)Nc2cc(C)on2)[C@H](c2ccccc2C)NC(=S)N1c1ccc(F)cc1. The van der Waals surface area contributed by atoms with Gasteiger partial charge in [-0.2, -0.15) is 0 Å². The Morgan fingerprint density at radius 1 is 1.16 bits per heavy atom. The largest absolute Gasteiger partial charge is 0.360 e. The molecule has 0 bridgehead atoms. The fourth-order valence-electron chi connectivity index (χ4n) is 3.69. The van der Waals surface area contributed by atoms with Crippen LogP contribution in [0.3, 0.4) is 0 Å². The molecule has 31 heavy (non-hydrogen) atoms. The summed E-state index contributed by atoms with van der Waals surface area (Å²) in [6.45, 7) is 5.56. The standard InChI is InChI=1S/C23H21FN4O2S/c1-13-6-4-5-7-18(13)21-20(22(29)25-19-12-14(2)30-27-19)15(3)28(23(31)26-21)17-10-8-16(24)9-11-17/h4-12,21H,1-3H3,(H,26,31)(H,25,27,29)/t21-/m0/s1. The first kappa shape index (κ1) is 20.7. The number of aryl methyl sites for hydroxylation is 2. The molecular weight excluding hydrogens is 415 g/mol. The van der Waals surface area contributed by atoms with Crippen LogP contribution >= 0.6 is 12.2 Å². The molecule has 1 amide bonds. The summed E-state index contributed by atoms with van der Waals surface area (Å²) in [6, 6.07) is 15.0. The average Bonchev–Trinajstić information content (AvgIpc) is 3.13. The average molecular weight is 437 g/mol. The van der Waals surface area contributed by atoms with Crippen molar-refractivity contribution in [2.45, 2.75) is 26.8 Å². The van der Waals surface area contributed by atoms with E-state index < -0.39 is 6.04 Å². The number of halogens is 1. The van der Waals surface area contributed by atoms with Crippen LogP contribution in [0, 0.1) is 19.7 Å². The summed E-state index contributed by atoms with van der Waals surface area (Å²) in [5.41, 5.74) is 3.73. The van der Waals surface area contributed by atoms with Crippen LogP contribution < -0.4 is 15.5 Å². The van der Waals surface area contributed by atoms with Gasteiger partial charge in [0, 0.05) is 17.5 Å². The zero-order valence-corrected chi connectivity index (χ0v) is 18.1. The Labute approximate surface area is 184 Å². The van der Waals surface area contributed by atoms with Crippen LogP contribution in [0.15, 0.2) is 70.4 Å². The number of thiocarbonyl (C=S) groups is 1. The van der Waals surface area contributed by atoms with Gasteiger partial charge in [0.25, 0.3) is 5.91 Å². The van der Waals surface area contributed by atoms with Gasteiger partial charge in [0.15, 0.2) is 10.9 Å². The van der Waals surface area contributed by atoms with Gasteiger partial charge in [-0.05, 0) is 68.4 Å². The number of hydrogen-bond donors (Lipinski definition) is 2. The molecule has 1 atom stereocenters. The second-order valence-electron chi connectivity index (χ2n) is 7.33. The van der Waals surface area contributed by atoms with Crippen molar-refractivity contribution in [3.63, 3.8) is 0 Å². The topological polar surface area (TPSA) is 70.4 Å². The molecular formula is C23H21FN4O2S. The Bertz CT molecular complexity index is 1190. The van der Waals surface area contributed by atoms with E-state index in [2.05, 4.69) is 15.8 Å². The minimum absolute atomic E-state index is 0.327. The molecule has 0 spiro atoms. The third kappa shape index (κ3) is 4.06. The number of nitrogens with zero attached hydrogens (tertiary/aromatic N) is 2. The van der Waals surface area contributed by atoms with Crippen molar-refractivity contribution < 1.29 is 13.7 Å². The number of anilines is 2. The molecule has 1 aromatic heterocycles. The molecule has 0 unspecified atom stereocenters. The van der Waals surface area contributed by atoms with E-state index in [1.807, 2.05) is 38.1 Å². The van der Waals surface area contributed by atoms with E-state index in [-0.39, 0.29) is 11.7 Å². The maximum absolute atomic E-state index is 13.5. The summed E-state index contributed by atoms with van der Waals surface area (Å²) in [5.74, 6) is 0.236. The molecule has 0 fully saturated rings. The summed E-state index contributed by atoms with van der Waals surface area (Å²) in [6.07, 6.45) is 0. The predicted molar refractivity (Wildman–Crippen MR) is 121 cm³/mol. The lowest BCUT2D eigenvalue weighted by atomic mass is 9.91. The van der Waals surface area contributed by atoms with Gasteiger partial charge in [-0.15, -0.1) is 0 Å². The van der Waals surface area contributed by atoms with Gasteiger partial charge in [-0.25, -0.2) is 4.39 Å². The van der Waals surface area contributed by atoms with E-state index in [1.54, 1.807) is 30.0 Å². The second-order valence-corrected chi connectivity index (χ2v) is 7.71. The van der Waals surface area contributed by atoms with Crippen molar-refractivity contribution in [1.29, 1.82) is 0 Å². The first-order chi connectivity index (χ1) is 14.8. The Kier molecular flexibility index (Phi) is 5.56. The van der Waals surface area contributed by atoms with Crippen LogP contribution in [-0.2, 0) is 4.79 Å². The summed E-state index contributed by atoms with van der Waals surface area (Å²) >= 11 is 5.64. The highest BCUT2D eigenvalue weighted by Crippen LogP contribution is 2.35. The smallest absolute Gasteiger partial charge is 0.257 e. The fraction of sp³-hybridized carbons (Fsp3) is 0.174. The molecule has 6 nitrogen and oxygen atoms in total. The highest BCUT2D eigenvalue weighted by atomic mass is 32.1. The van der Waals surface area contributed by atoms with Crippen LogP contribution in [0.4, 0.5) is 15.9 Å². The van der Waals surface area contributed by atoms with E-state index in [0.29, 0.717) is 33.6 Å². The molecule has 0 saturated heterocycles. The number of carbonyl (C=O) groups is 1. The van der Waals surface area contributed by atoms with E-state index in [0.717, 1.165) is 11.1 Å². The molecule has 0 saturated carbocycles. The van der Waals surface area contributed by atoms with Crippen molar-refractivity contribution in [3.05, 3.63) is 88.6 Å². The molecule has 158 valence electrons. The molecule has 2 aromatic carbocycles. The van der Waals surface area contributed by atoms with Crippen molar-refractivity contribution in [2.24, 2.45) is 0 Å². The van der Waals surface area contributed by atoms with Crippen LogP contribution in [-0.4, -0.2) is 16.2 Å². The monoisotopic (exact) mass is 436 g/mol. The zero-order chi connectivity index (χ0) is 22.1. The molecule has 8 heteroatoms. The minimum atomic E-state index is -0.460. The van der Waals surface area contributed by atoms with Crippen LogP contribution in [0.5, 0.6) is 0 Å². The van der Waals surface area contributed by atoms with E-state index in [1.165, 1.54) is 12.1 Å². The van der Waals surface area contributed by atoms with Crippen molar-refractivity contribution >= 4 is 34.7 Å². The quantitative estimate of drug-likeness (QED) is 0.574. The van der Waals surface area contributed by atoms with Crippen LogP contribution in [0.25, 0.3) is 0 Å². The summed E-state index contributed by atoms with van der Waals surface area (Å²) < 4.78 is 18.5. The number of rotatable bonds is 4. The molecule has 0 radical (unpaired) electrons.